The monoisotopic (exact) mass is 369 g/mol. The maximum absolute atomic E-state index is 12.5. The molecule has 0 fully saturated rings. The fourth-order valence-electron chi connectivity index (χ4n) is 2.78. The van der Waals surface area contributed by atoms with Crippen LogP contribution in [-0.4, -0.2) is 39.1 Å². The van der Waals surface area contributed by atoms with Crippen LogP contribution in [0.5, 0.6) is 0 Å². The molecular weight excluding hydrogens is 350 g/mol. The van der Waals surface area contributed by atoms with Gasteiger partial charge >= 0.3 is 5.97 Å². The maximum atomic E-state index is 12.5. The molecule has 26 heavy (non-hydrogen) atoms. The molecule has 0 aliphatic heterocycles. The zero-order valence-electron chi connectivity index (χ0n) is 14.8. The molecule has 0 atom stereocenters. The molecule has 0 unspecified atom stereocenters. The number of carbonyl (C=O) groups excluding carboxylic acids is 2. The third kappa shape index (κ3) is 4.11. The number of benzene rings is 1. The lowest BCUT2D eigenvalue weighted by atomic mass is 10.1. The second kappa shape index (κ2) is 7.70. The van der Waals surface area contributed by atoms with Crippen molar-refractivity contribution in [3.8, 4) is 0 Å². The number of esters is 1. The van der Waals surface area contributed by atoms with E-state index in [-0.39, 0.29) is 18.1 Å². The second-order valence-electron chi connectivity index (χ2n) is 5.98. The molecular formula is C19H19N3O3S. The van der Waals surface area contributed by atoms with Gasteiger partial charge in [-0.2, -0.15) is 0 Å². The summed E-state index contributed by atoms with van der Waals surface area (Å²) in [6, 6.07) is 9.43. The summed E-state index contributed by atoms with van der Waals surface area (Å²) in [4.78, 5) is 36.1. The van der Waals surface area contributed by atoms with Gasteiger partial charge in [0.1, 0.15) is 0 Å². The number of H-pyrrole nitrogens is 1. The quantitative estimate of drug-likeness (QED) is 0.310. The number of nitrogens with one attached hydrogen (secondary N) is 1. The van der Waals surface area contributed by atoms with Crippen LogP contribution in [0.4, 0.5) is 0 Å². The molecule has 2 heterocycles. The van der Waals surface area contributed by atoms with E-state index in [1.165, 1.54) is 11.8 Å². The van der Waals surface area contributed by atoms with Gasteiger partial charge in [-0.1, -0.05) is 30.0 Å². The van der Waals surface area contributed by atoms with E-state index in [4.69, 9.17) is 4.74 Å². The van der Waals surface area contributed by atoms with Crippen LogP contribution in [0.15, 0.2) is 35.5 Å². The van der Waals surface area contributed by atoms with Gasteiger partial charge in [0.05, 0.1) is 5.75 Å². The Labute approximate surface area is 155 Å². The van der Waals surface area contributed by atoms with Crippen LogP contribution < -0.4 is 0 Å². The molecule has 0 aliphatic rings. The van der Waals surface area contributed by atoms with Gasteiger partial charge in [-0.15, -0.1) is 0 Å². The lowest BCUT2D eigenvalue weighted by molar-refractivity contribution is -0.139. The van der Waals surface area contributed by atoms with Crippen molar-refractivity contribution >= 4 is 34.4 Å². The number of hydrogen-bond donors (Lipinski definition) is 1. The summed E-state index contributed by atoms with van der Waals surface area (Å²) in [6.07, 6.45) is 0. The Morgan fingerprint density at radius 1 is 1.12 bits per heavy atom. The largest absolute Gasteiger partial charge is 0.457 e. The zero-order chi connectivity index (χ0) is 18.7. The molecule has 3 aromatic rings. The van der Waals surface area contributed by atoms with Gasteiger partial charge in [0, 0.05) is 33.5 Å². The zero-order valence-corrected chi connectivity index (χ0v) is 15.6. The predicted molar refractivity (Wildman–Crippen MR) is 101 cm³/mol. The number of aryl methyl sites for hydroxylation is 3. The molecule has 0 spiro atoms. The first-order valence-corrected chi connectivity index (χ1v) is 9.14. The lowest BCUT2D eigenvalue weighted by Crippen LogP contribution is -2.16. The Morgan fingerprint density at radius 3 is 2.54 bits per heavy atom. The average Bonchev–Trinajstić information content (AvgIpc) is 2.93. The van der Waals surface area contributed by atoms with Gasteiger partial charge in [0.15, 0.2) is 11.8 Å². The molecule has 0 amide bonds. The summed E-state index contributed by atoms with van der Waals surface area (Å²) in [6.45, 7) is 5.30. The Kier molecular flexibility index (Phi) is 5.37. The number of aromatic nitrogens is 3. The third-order valence-corrected chi connectivity index (χ3v) is 4.64. The summed E-state index contributed by atoms with van der Waals surface area (Å²) in [5.74, 6) is -0.632. The molecule has 0 saturated heterocycles. The van der Waals surface area contributed by atoms with Gasteiger partial charge < -0.3 is 9.72 Å². The first-order valence-electron chi connectivity index (χ1n) is 8.15. The number of ketones is 1. The van der Waals surface area contributed by atoms with Crippen LogP contribution in [0.3, 0.4) is 0 Å². The number of hydrogen-bond acceptors (Lipinski definition) is 6. The van der Waals surface area contributed by atoms with Gasteiger partial charge in [-0.25, -0.2) is 9.97 Å². The van der Waals surface area contributed by atoms with E-state index in [9.17, 15) is 9.59 Å². The van der Waals surface area contributed by atoms with Crippen molar-refractivity contribution in [3.05, 3.63) is 53.0 Å². The van der Waals surface area contributed by atoms with Crippen molar-refractivity contribution in [1.29, 1.82) is 0 Å². The Bertz CT molecular complexity index is 961. The third-order valence-electron chi connectivity index (χ3n) is 3.82. The van der Waals surface area contributed by atoms with Gasteiger partial charge in [0.25, 0.3) is 0 Å². The number of carbonyl (C=O) groups is 2. The minimum atomic E-state index is -0.469. The van der Waals surface area contributed by atoms with E-state index in [0.29, 0.717) is 10.7 Å². The number of para-hydroxylation sites is 1. The highest BCUT2D eigenvalue weighted by Gasteiger charge is 2.17. The summed E-state index contributed by atoms with van der Waals surface area (Å²) >= 11 is 1.20. The maximum Gasteiger partial charge on any atom is 0.316 e. The number of aromatic amines is 1. The van der Waals surface area contributed by atoms with E-state index in [1.807, 2.05) is 51.1 Å². The number of rotatable bonds is 6. The van der Waals surface area contributed by atoms with E-state index in [1.54, 1.807) is 0 Å². The van der Waals surface area contributed by atoms with Crippen molar-refractivity contribution in [2.75, 3.05) is 12.4 Å². The SMILES string of the molecule is Cc1cc(C)nc(SCC(=O)OCC(=O)c2c(C)[nH]c3ccccc23)n1. The number of thioether (sulfide) groups is 1. The van der Waals surface area contributed by atoms with Gasteiger partial charge in [-0.3, -0.25) is 9.59 Å². The number of Topliss-reactive ketones (excluding diaryl/α,β-unsaturated/α-hetero) is 1. The van der Waals surface area contributed by atoms with E-state index in [2.05, 4.69) is 15.0 Å². The lowest BCUT2D eigenvalue weighted by Gasteiger charge is -2.05. The fraction of sp³-hybridized carbons (Fsp3) is 0.263. The molecule has 0 saturated carbocycles. The van der Waals surface area contributed by atoms with Crippen molar-refractivity contribution in [3.63, 3.8) is 0 Å². The van der Waals surface area contributed by atoms with Crippen LogP contribution in [0, 0.1) is 20.8 Å². The highest BCUT2D eigenvalue weighted by Crippen LogP contribution is 2.22. The first-order chi connectivity index (χ1) is 12.4. The second-order valence-corrected chi connectivity index (χ2v) is 6.92. The summed E-state index contributed by atoms with van der Waals surface area (Å²) in [5, 5.41) is 1.36. The minimum Gasteiger partial charge on any atom is -0.457 e. The molecule has 134 valence electrons. The van der Waals surface area contributed by atoms with E-state index < -0.39 is 5.97 Å². The summed E-state index contributed by atoms with van der Waals surface area (Å²) < 4.78 is 5.13. The molecule has 1 N–H and O–H groups in total. The number of nitrogens with zero attached hydrogens (tertiary/aromatic N) is 2. The van der Waals surface area contributed by atoms with Crippen LogP contribution in [0.1, 0.15) is 27.4 Å². The molecule has 1 aromatic carbocycles. The predicted octanol–water partition coefficient (Wildman–Crippen LogP) is 3.40. The topological polar surface area (TPSA) is 84.9 Å². The Balaban J connectivity index is 1.58. The van der Waals surface area contributed by atoms with Gasteiger partial charge in [-0.05, 0) is 32.9 Å². The molecule has 3 rings (SSSR count). The van der Waals surface area contributed by atoms with Crippen molar-refractivity contribution in [2.24, 2.45) is 0 Å². The number of fused-ring (bicyclic) bond motifs is 1. The summed E-state index contributed by atoms with van der Waals surface area (Å²) in [7, 11) is 0. The van der Waals surface area contributed by atoms with Crippen LogP contribution in [-0.2, 0) is 9.53 Å². The molecule has 0 aliphatic carbocycles. The van der Waals surface area contributed by atoms with Gasteiger partial charge in [0.2, 0.25) is 5.78 Å². The molecule has 0 radical (unpaired) electrons. The highest BCUT2D eigenvalue weighted by molar-refractivity contribution is 7.99. The van der Waals surface area contributed by atoms with Crippen LogP contribution >= 0.6 is 11.8 Å². The Morgan fingerprint density at radius 2 is 1.81 bits per heavy atom. The smallest absolute Gasteiger partial charge is 0.316 e. The molecule has 6 nitrogen and oxygen atoms in total. The first kappa shape index (κ1) is 18.1. The fourth-order valence-corrected chi connectivity index (χ4v) is 3.52. The van der Waals surface area contributed by atoms with Crippen LogP contribution in [0.2, 0.25) is 0 Å². The van der Waals surface area contributed by atoms with Crippen molar-refractivity contribution in [1.82, 2.24) is 15.0 Å². The number of ether oxygens (including phenoxy) is 1. The highest BCUT2D eigenvalue weighted by atomic mass is 32.2. The van der Waals surface area contributed by atoms with Crippen molar-refractivity contribution < 1.29 is 14.3 Å². The van der Waals surface area contributed by atoms with Crippen LogP contribution in [0.25, 0.3) is 10.9 Å². The van der Waals surface area contributed by atoms with Crippen molar-refractivity contribution in [2.45, 2.75) is 25.9 Å². The van der Waals surface area contributed by atoms with E-state index in [0.717, 1.165) is 28.0 Å². The average molecular weight is 369 g/mol. The van der Waals surface area contributed by atoms with E-state index >= 15 is 0 Å². The molecule has 7 heteroatoms. The normalized spacial score (nSPS) is 10.9. The Hall–Kier alpha value is -2.67. The summed E-state index contributed by atoms with van der Waals surface area (Å²) in [5.41, 5.74) is 3.92. The molecule has 0 bridgehead atoms. The minimum absolute atomic E-state index is 0.0586. The molecule has 2 aromatic heterocycles. The standard InChI is InChI=1S/C19H19N3O3S/c1-11-8-12(2)21-19(20-11)26-10-17(24)25-9-16(23)18-13(3)22-15-7-5-4-6-14(15)18/h4-8,22H,9-10H2,1-3H3.